The molecular weight excluding hydrogens is 402 g/mol. The number of hydrogen-bond donors (Lipinski definition) is 2. The van der Waals surface area contributed by atoms with Gasteiger partial charge in [-0.2, -0.15) is 0 Å². The fraction of sp³-hybridized carbons (Fsp3) is 0.318. The maximum atomic E-state index is 12.1. The molecule has 3 rings (SSSR count). The summed E-state index contributed by atoms with van der Waals surface area (Å²) in [5.41, 5.74) is 2.60. The fourth-order valence-corrected chi connectivity index (χ4v) is 3.55. The lowest BCUT2D eigenvalue weighted by Crippen LogP contribution is -2.18. The monoisotopic (exact) mass is 427 g/mol. The molecule has 2 N–H and O–H groups in total. The van der Waals surface area contributed by atoms with Crippen LogP contribution in [0.5, 0.6) is 5.75 Å². The fourth-order valence-electron chi connectivity index (χ4n) is 2.89. The molecule has 0 bridgehead atoms. The second-order valence-electron chi connectivity index (χ2n) is 7.15. The van der Waals surface area contributed by atoms with Crippen molar-refractivity contribution >= 4 is 40.2 Å². The summed E-state index contributed by atoms with van der Waals surface area (Å²) in [6.45, 7) is 0.431. The second kappa shape index (κ2) is 10.2. The third-order valence-electron chi connectivity index (χ3n) is 4.50. The molecule has 2 aromatic rings. The predicted molar refractivity (Wildman–Crippen MR) is 118 cm³/mol. The average Bonchev–Trinajstić information content (AvgIpc) is 2.72. The van der Waals surface area contributed by atoms with Crippen LogP contribution in [0.15, 0.2) is 47.4 Å². The van der Waals surface area contributed by atoms with E-state index in [4.69, 9.17) is 4.74 Å². The molecule has 0 fully saturated rings. The number of aryl methyl sites for hydroxylation is 1. The van der Waals surface area contributed by atoms with Gasteiger partial charge in [-0.1, -0.05) is 0 Å². The molecule has 0 atom stereocenters. The smallest absolute Gasteiger partial charge is 0.285 e. The third kappa shape index (κ3) is 6.25. The van der Waals surface area contributed by atoms with Crippen molar-refractivity contribution in [1.82, 2.24) is 4.90 Å². The van der Waals surface area contributed by atoms with Gasteiger partial charge in [0, 0.05) is 43.2 Å². The summed E-state index contributed by atoms with van der Waals surface area (Å²) >= 11 is 1.14. The van der Waals surface area contributed by atoms with Crippen molar-refractivity contribution < 1.29 is 19.1 Å². The van der Waals surface area contributed by atoms with Gasteiger partial charge in [-0.25, -0.2) is 0 Å². The Kier molecular flexibility index (Phi) is 7.35. The van der Waals surface area contributed by atoms with E-state index in [9.17, 15) is 14.4 Å². The molecule has 0 aromatic heterocycles. The van der Waals surface area contributed by atoms with Crippen LogP contribution in [0, 0.1) is 0 Å². The first kappa shape index (κ1) is 21.7. The minimum Gasteiger partial charge on any atom is -0.494 e. The average molecular weight is 428 g/mol. The summed E-state index contributed by atoms with van der Waals surface area (Å²) in [5.74, 6) is 0.694. The van der Waals surface area contributed by atoms with Crippen LogP contribution in [0.1, 0.15) is 24.8 Å². The highest BCUT2D eigenvalue weighted by Gasteiger charge is 2.15. The highest BCUT2D eigenvalue weighted by molar-refractivity contribution is 8.13. The summed E-state index contributed by atoms with van der Waals surface area (Å²) < 4.78 is 5.74. The minimum atomic E-state index is -0.0866. The van der Waals surface area contributed by atoms with Gasteiger partial charge in [-0.05, 0) is 72.6 Å². The van der Waals surface area contributed by atoms with Crippen LogP contribution in [0.2, 0.25) is 0 Å². The molecule has 0 aliphatic carbocycles. The molecule has 1 heterocycles. The molecular formula is C22H25N3O4S. The standard InChI is InChI=1S/C22H25N3O4S/c1-25(2)22(28)30-18-9-6-16(7-10-18)23-20(26)4-3-13-29-17-8-11-19-15(14-17)5-12-21(27)24-19/h6-11,14H,3-5,12-13H2,1-2H3,(H,23,26)(H,24,27). The van der Waals surface area contributed by atoms with Crippen LogP contribution < -0.4 is 15.4 Å². The van der Waals surface area contributed by atoms with Crippen LogP contribution in [0.25, 0.3) is 0 Å². The summed E-state index contributed by atoms with van der Waals surface area (Å²) in [4.78, 5) is 37.6. The number of nitrogens with one attached hydrogen (secondary N) is 2. The zero-order valence-corrected chi connectivity index (χ0v) is 17.9. The Balaban J connectivity index is 1.39. The number of nitrogens with zero attached hydrogens (tertiary/aromatic N) is 1. The van der Waals surface area contributed by atoms with Crippen LogP contribution in [0.4, 0.5) is 16.2 Å². The van der Waals surface area contributed by atoms with Gasteiger partial charge < -0.3 is 20.3 Å². The van der Waals surface area contributed by atoms with Crippen LogP contribution in [-0.4, -0.2) is 42.7 Å². The van der Waals surface area contributed by atoms with Crippen molar-refractivity contribution in [3.05, 3.63) is 48.0 Å². The largest absolute Gasteiger partial charge is 0.494 e. The molecule has 3 amide bonds. The lowest BCUT2D eigenvalue weighted by atomic mass is 10.0. The molecule has 0 radical (unpaired) electrons. The van der Waals surface area contributed by atoms with E-state index in [1.54, 1.807) is 26.2 Å². The van der Waals surface area contributed by atoms with Gasteiger partial charge in [0.15, 0.2) is 0 Å². The van der Waals surface area contributed by atoms with Gasteiger partial charge in [-0.15, -0.1) is 0 Å². The van der Waals surface area contributed by atoms with Gasteiger partial charge in [0.2, 0.25) is 11.8 Å². The molecule has 30 heavy (non-hydrogen) atoms. The van der Waals surface area contributed by atoms with E-state index in [1.165, 1.54) is 4.90 Å². The van der Waals surface area contributed by atoms with E-state index < -0.39 is 0 Å². The van der Waals surface area contributed by atoms with Crippen molar-refractivity contribution in [2.45, 2.75) is 30.6 Å². The second-order valence-corrected chi connectivity index (χ2v) is 8.18. The van der Waals surface area contributed by atoms with Crippen molar-refractivity contribution in [3.8, 4) is 5.75 Å². The van der Waals surface area contributed by atoms with Crippen molar-refractivity contribution in [1.29, 1.82) is 0 Å². The van der Waals surface area contributed by atoms with E-state index in [0.29, 0.717) is 38.0 Å². The molecule has 0 spiro atoms. The van der Waals surface area contributed by atoms with Crippen molar-refractivity contribution in [2.24, 2.45) is 0 Å². The SMILES string of the molecule is CN(C)C(=O)Sc1ccc(NC(=O)CCCOc2ccc3c(c2)CCC(=O)N3)cc1. The molecule has 158 valence electrons. The number of carbonyl (C=O) groups is 3. The molecule has 8 heteroatoms. The summed E-state index contributed by atoms with van der Waals surface area (Å²) in [6, 6.07) is 12.8. The number of thioether (sulfide) groups is 1. The van der Waals surface area contributed by atoms with Crippen LogP contribution >= 0.6 is 11.8 Å². The molecule has 0 unspecified atom stereocenters. The van der Waals surface area contributed by atoms with Gasteiger partial charge in [0.1, 0.15) is 5.75 Å². The highest BCUT2D eigenvalue weighted by atomic mass is 32.2. The lowest BCUT2D eigenvalue weighted by molar-refractivity contribution is -0.117. The summed E-state index contributed by atoms with van der Waals surface area (Å²) in [6.07, 6.45) is 2.13. The Labute approximate surface area is 180 Å². The van der Waals surface area contributed by atoms with Gasteiger partial charge in [0.05, 0.1) is 6.61 Å². The number of anilines is 2. The van der Waals surface area contributed by atoms with E-state index in [1.807, 2.05) is 30.3 Å². The number of hydrogen-bond acceptors (Lipinski definition) is 5. The number of amides is 3. The summed E-state index contributed by atoms with van der Waals surface area (Å²) in [5, 5.41) is 5.65. The maximum absolute atomic E-state index is 12.1. The van der Waals surface area contributed by atoms with Crippen LogP contribution in [-0.2, 0) is 16.0 Å². The predicted octanol–water partition coefficient (Wildman–Crippen LogP) is 4.14. The third-order valence-corrected chi connectivity index (χ3v) is 5.55. The maximum Gasteiger partial charge on any atom is 0.285 e. The quantitative estimate of drug-likeness (QED) is 0.512. The summed E-state index contributed by atoms with van der Waals surface area (Å²) in [7, 11) is 3.41. The first-order valence-corrected chi connectivity index (χ1v) is 10.6. The molecule has 7 nitrogen and oxygen atoms in total. The first-order valence-electron chi connectivity index (χ1n) is 9.75. The van der Waals surface area contributed by atoms with Gasteiger partial charge in [0.25, 0.3) is 5.24 Å². The van der Waals surface area contributed by atoms with Gasteiger partial charge >= 0.3 is 0 Å². The zero-order chi connectivity index (χ0) is 21.5. The van der Waals surface area contributed by atoms with Crippen LogP contribution in [0.3, 0.4) is 0 Å². The molecule has 1 aliphatic rings. The Morgan fingerprint density at radius 1 is 1.13 bits per heavy atom. The molecule has 1 aliphatic heterocycles. The van der Waals surface area contributed by atoms with E-state index in [-0.39, 0.29) is 17.1 Å². The number of ether oxygens (including phenoxy) is 1. The topological polar surface area (TPSA) is 87.7 Å². The number of fused-ring (bicyclic) bond motifs is 1. The number of rotatable bonds is 7. The van der Waals surface area contributed by atoms with E-state index in [0.717, 1.165) is 33.7 Å². The molecule has 2 aromatic carbocycles. The Hall–Kier alpha value is -3.00. The molecule has 0 saturated carbocycles. The molecule has 0 saturated heterocycles. The lowest BCUT2D eigenvalue weighted by Gasteiger charge is -2.17. The van der Waals surface area contributed by atoms with E-state index >= 15 is 0 Å². The number of benzene rings is 2. The minimum absolute atomic E-state index is 0.0395. The normalized spacial score (nSPS) is 12.5. The Bertz CT molecular complexity index is 928. The van der Waals surface area contributed by atoms with E-state index in [2.05, 4.69) is 10.6 Å². The highest BCUT2D eigenvalue weighted by Crippen LogP contribution is 2.27. The van der Waals surface area contributed by atoms with Gasteiger partial charge in [-0.3, -0.25) is 14.4 Å². The van der Waals surface area contributed by atoms with Crippen molar-refractivity contribution in [3.63, 3.8) is 0 Å². The number of carbonyl (C=O) groups excluding carboxylic acids is 3. The Morgan fingerprint density at radius 2 is 1.90 bits per heavy atom. The zero-order valence-electron chi connectivity index (χ0n) is 17.1. The first-order chi connectivity index (χ1) is 14.4. The van der Waals surface area contributed by atoms with Crippen molar-refractivity contribution in [2.75, 3.05) is 31.3 Å². The Morgan fingerprint density at radius 3 is 2.63 bits per heavy atom.